The molecule has 1 aromatic carbocycles. The van der Waals surface area contributed by atoms with Gasteiger partial charge in [-0.05, 0) is 18.1 Å². The van der Waals surface area contributed by atoms with Crippen LogP contribution in [0.2, 0.25) is 0 Å². The van der Waals surface area contributed by atoms with Crippen molar-refractivity contribution < 1.29 is 24.3 Å². The Morgan fingerprint density at radius 2 is 1.92 bits per heavy atom. The maximum Gasteiger partial charge on any atom is 0.323 e. The van der Waals surface area contributed by atoms with E-state index >= 15 is 0 Å². The van der Waals surface area contributed by atoms with Crippen molar-refractivity contribution in [3.05, 3.63) is 52.8 Å². The molecule has 7 heteroatoms. The summed E-state index contributed by atoms with van der Waals surface area (Å²) in [6.45, 7) is 1.87. The van der Waals surface area contributed by atoms with Gasteiger partial charge in [-0.3, -0.25) is 14.4 Å². The normalized spacial score (nSPS) is 23.6. The van der Waals surface area contributed by atoms with E-state index in [1.54, 1.807) is 0 Å². The molecule has 0 aromatic heterocycles. The summed E-state index contributed by atoms with van der Waals surface area (Å²) in [6, 6.07) is 8.95. The Morgan fingerprint density at radius 1 is 1.25 bits per heavy atom. The van der Waals surface area contributed by atoms with E-state index in [-0.39, 0.29) is 0 Å². The Hall–Kier alpha value is -2.25. The van der Waals surface area contributed by atoms with Gasteiger partial charge < -0.3 is 9.84 Å². The van der Waals surface area contributed by atoms with Gasteiger partial charge in [0.05, 0.1) is 14.2 Å². The molecule has 24 heavy (non-hydrogen) atoms. The number of ether oxygens (including phenoxy) is 1. The summed E-state index contributed by atoms with van der Waals surface area (Å²) in [7, 11) is 2.65. The molecule has 0 aliphatic carbocycles. The SMILES string of the molecule is COC(=O)C1SC(c2ccccc2)=C(C)C2C1=C(O)C(=O)N2OC. The molecule has 0 saturated heterocycles. The molecule has 1 amide bonds. The summed E-state index contributed by atoms with van der Waals surface area (Å²) >= 11 is 1.27. The first-order chi connectivity index (χ1) is 11.5. The lowest BCUT2D eigenvalue weighted by Gasteiger charge is -2.33. The predicted molar refractivity (Wildman–Crippen MR) is 89.7 cm³/mol. The number of carbonyl (C=O) groups excluding carboxylic acids is 2. The van der Waals surface area contributed by atoms with E-state index in [0.29, 0.717) is 5.57 Å². The molecule has 0 fully saturated rings. The Bertz CT molecular complexity index is 756. The first-order valence-corrected chi connectivity index (χ1v) is 8.20. The summed E-state index contributed by atoms with van der Waals surface area (Å²) < 4.78 is 4.87. The molecule has 0 spiro atoms. The molecule has 1 N–H and O–H groups in total. The van der Waals surface area contributed by atoms with Gasteiger partial charge >= 0.3 is 11.9 Å². The van der Waals surface area contributed by atoms with Crippen molar-refractivity contribution in [1.29, 1.82) is 0 Å². The number of hydrogen-bond acceptors (Lipinski definition) is 6. The number of esters is 1. The molecule has 2 aliphatic heterocycles. The lowest BCUT2D eigenvalue weighted by molar-refractivity contribution is -0.174. The van der Waals surface area contributed by atoms with Crippen LogP contribution in [0.5, 0.6) is 0 Å². The number of methoxy groups -OCH3 is 1. The molecular formula is C17H17NO5S. The fourth-order valence-corrected chi connectivity index (χ4v) is 4.40. The maximum atomic E-state index is 12.3. The molecule has 3 rings (SSSR count). The van der Waals surface area contributed by atoms with E-state index in [1.807, 2.05) is 37.3 Å². The van der Waals surface area contributed by atoms with Crippen LogP contribution in [0.1, 0.15) is 12.5 Å². The minimum Gasteiger partial charge on any atom is -0.503 e. The number of rotatable bonds is 3. The van der Waals surface area contributed by atoms with Gasteiger partial charge in [0.25, 0.3) is 0 Å². The average Bonchev–Trinajstić information content (AvgIpc) is 2.87. The summed E-state index contributed by atoms with van der Waals surface area (Å²) in [5.74, 6) is -1.62. The van der Waals surface area contributed by atoms with Crippen molar-refractivity contribution in [2.24, 2.45) is 0 Å². The highest BCUT2D eigenvalue weighted by Crippen LogP contribution is 2.49. The molecule has 0 bridgehead atoms. The number of hydroxylamine groups is 2. The zero-order valence-corrected chi connectivity index (χ0v) is 14.3. The second-order valence-corrected chi connectivity index (χ2v) is 6.53. The van der Waals surface area contributed by atoms with Gasteiger partial charge in [0, 0.05) is 10.5 Å². The molecule has 2 atom stereocenters. The van der Waals surface area contributed by atoms with Crippen LogP contribution in [0.3, 0.4) is 0 Å². The van der Waals surface area contributed by atoms with Gasteiger partial charge in [0.2, 0.25) is 0 Å². The van der Waals surface area contributed by atoms with Crippen molar-refractivity contribution in [2.45, 2.75) is 18.2 Å². The smallest absolute Gasteiger partial charge is 0.323 e. The van der Waals surface area contributed by atoms with Gasteiger partial charge in [-0.2, -0.15) is 0 Å². The number of thioether (sulfide) groups is 1. The first-order valence-electron chi connectivity index (χ1n) is 7.32. The van der Waals surface area contributed by atoms with Crippen LogP contribution >= 0.6 is 11.8 Å². The first kappa shape index (κ1) is 16.6. The molecule has 1 aromatic rings. The lowest BCUT2D eigenvalue weighted by atomic mass is 9.95. The Balaban J connectivity index is 2.19. The summed E-state index contributed by atoms with van der Waals surface area (Å²) in [5.41, 5.74) is 2.08. The van der Waals surface area contributed by atoms with Crippen LogP contribution in [-0.2, 0) is 19.2 Å². The van der Waals surface area contributed by atoms with Crippen LogP contribution in [0.15, 0.2) is 47.2 Å². The van der Waals surface area contributed by atoms with Crippen LogP contribution in [0, 0.1) is 0 Å². The van der Waals surface area contributed by atoms with E-state index in [9.17, 15) is 14.7 Å². The van der Waals surface area contributed by atoms with Gasteiger partial charge in [0.15, 0.2) is 5.76 Å². The van der Waals surface area contributed by atoms with Gasteiger partial charge in [-0.1, -0.05) is 30.3 Å². The van der Waals surface area contributed by atoms with Crippen LogP contribution < -0.4 is 0 Å². The number of benzene rings is 1. The highest BCUT2D eigenvalue weighted by Gasteiger charge is 2.50. The Labute approximate surface area is 143 Å². The number of fused-ring (bicyclic) bond motifs is 1. The van der Waals surface area contributed by atoms with Crippen molar-refractivity contribution in [2.75, 3.05) is 14.2 Å². The standard InChI is InChI=1S/C17H17NO5S/c1-9-12-11(13(19)16(20)18(12)23-3)15(17(21)22-2)24-14(9)10-7-5-4-6-8-10/h4-8,12,15,19H,1-3H3. The third-order valence-electron chi connectivity index (χ3n) is 4.14. The summed E-state index contributed by atoms with van der Waals surface area (Å²) in [6.07, 6.45) is 0. The second-order valence-electron chi connectivity index (χ2n) is 5.42. The van der Waals surface area contributed by atoms with E-state index in [1.165, 1.54) is 26.0 Å². The summed E-state index contributed by atoms with van der Waals surface area (Å²) in [4.78, 5) is 30.5. The predicted octanol–water partition coefficient (Wildman–Crippen LogP) is 2.29. The molecule has 2 unspecified atom stereocenters. The van der Waals surface area contributed by atoms with Crippen molar-refractivity contribution in [3.63, 3.8) is 0 Å². The van der Waals surface area contributed by atoms with E-state index in [0.717, 1.165) is 21.1 Å². The number of aliphatic hydroxyl groups is 1. The van der Waals surface area contributed by atoms with Gasteiger partial charge in [-0.15, -0.1) is 11.8 Å². The van der Waals surface area contributed by atoms with Crippen LogP contribution in [0.25, 0.3) is 4.91 Å². The fourth-order valence-electron chi connectivity index (χ4n) is 3.03. The van der Waals surface area contributed by atoms with Crippen molar-refractivity contribution >= 4 is 28.5 Å². The third kappa shape index (κ3) is 2.40. The Morgan fingerprint density at radius 3 is 2.50 bits per heavy atom. The minimum atomic E-state index is -0.803. The third-order valence-corrected chi connectivity index (χ3v) is 5.62. The highest BCUT2D eigenvalue weighted by atomic mass is 32.2. The molecule has 2 aliphatic rings. The number of aliphatic hydroxyl groups excluding tert-OH is 1. The number of nitrogens with zero attached hydrogens (tertiary/aromatic N) is 1. The van der Waals surface area contributed by atoms with Crippen molar-refractivity contribution in [3.8, 4) is 0 Å². The molecule has 2 heterocycles. The van der Waals surface area contributed by atoms with E-state index in [4.69, 9.17) is 9.57 Å². The highest BCUT2D eigenvalue weighted by molar-refractivity contribution is 8.09. The molecule has 0 saturated carbocycles. The van der Waals surface area contributed by atoms with Crippen LogP contribution in [0.4, 0.5) is 0 Å². The minimum absolute atomic E-state index is 0.316. The maximum absolute atomic E-state index is 12.3. The quantitative estimate of drug-likeness (QED) is 0.846. The molecular weight excluding hydrogens is 330 g/mol. The fraction of sp³-hybridized carbons (Fsp3) is 0.294. The molecule has 126 valence electrons. The van der Waals surface area contributed by atoms with Gasteiger partial charge in [-0.25, -0.2) is 5.06 Å². The lowest BCUT2D eigenvalue weighted by Crippen LogP contribution is -2.40. The number of hydrogen-bond donors (Lipinski definition) is 1. The zero-order chi connectivity index (χ0) is 17.4. The number of carbonyl (C=O) groups is 2. The van der Waals surface area contributed by atoms with E-state index in [2.05, 4.69) is 0 Å². The topological polar surface area (TPSA) is 76.1 Å². The zero-order valence-electron chi connectivity index (χ0n) is 13.5. The molecule has 6 nitrogen and oxygen atoms in total. The molecule has 0 radical (unpaired) electrons. The van der Waals surface area contributed by atoms with Crippen molar-refractivity contribution in [1.82, 2.24) is 5.06 Å². The Kier molecular flexibility index (Phi) is 4.38. The van der Waals surface area contributed by atoms with Gasteiger partial charge in [0.1, 0.15) is 11.3 Å². The largest absolute Gasteiger partial charge is 0.503 e. The monoisotopic (exact) mass is 347 g/mol. The average molecular weight is 347 g/mol. The van der Waals surface area contributed by atoms with Crippen LogP contribution in [-0.4, -0.2) is 47.6 Å². The second kappa shape index (κ2) is 6.33. The number of amides is 1. The summed E-state index contributed by atoms with van der Waals surface area (Å²) in [5, 5.41) is 10.5. The van der Waals surface area contributed by atoms with E-state index < -0.39 is 28.9 Å².